The zero-order chi connectivity index (χ0) is 14.3. The molecule has 0 amide bonds. The smallest absolute Gasteiger partial charge is 0.307 e. The van der Waals surface area contributed by atoms with Gasteiger partial charge in [-0.25, -0.2) is 0 Å². The zero-order valence-corrected chi connectivity index (χ0v) is 14.1. The molecule has 0 rings (SSSR count). The molecule has 0 aromatic rings. The van der Waals surface area contributed by atoms with Crippen LogP contribution in [0.5, 0.6) is 0 Å². The van der Waals surface area contributed by atoms with Crippen LogP contribution in [0.4, 0.5) is 0 Å². The van der Waals surface area contributed by atoms with Crippen molar-refractivity contribution in [3.05, 3.63) is 0 Å². The van der Waals surface area contributed by atoms with Crippen LogP contribution in [-0.2, 0) is 25.6 Å². The van der Waals surface area contributed by atoms with Crippen LogP contribution in [-0.4, -0.2) is 29.0 Å². The van der Waals surface area contributed by atoms with Gasteiger partial charge in [0, 0.05) is 5.75 Å². The number of aliphatic carboxylic acids is 1. The van der Waals surface area contributed by atoms with E-state index in [1.54, 1.807) is 0 Å². The molecular formula is C11H23O4PS2. The summed E-state index contributed by atoms with van der Waals surface area (Å²) in [6, 6.07) is 0. The van der Waals surface area contributed by atoms with Crippen LogP contribution in [0.15, 0.2) is 0 Å². The minimum atomic E-state index is -2.45. The van der Waals surface area contributed by atoms with Crippen molar-refractivity contribution in [2.24, 2.45) is 5.92 Å². The molecule has 0 aliphatic heterocycles. The Labute approximate surface area is 119 Å². The van der Waals surface area contributed by atoms with Crippen LogP contribution < -0.4 is 0 Å². The van der Waals surface area contributed by atoms with Gasteiger partial charge in [-0.3, -0.25) is 4.79 Å². The van der Waals surface area contributed by atoms with Crippen molar-refractivity contribution < 1.29 is 18.9 Å². The summed E-state index contributed by atoms with van der Waals surface area (Å²) in [5.74, 6) is -0.757. The molecule has 4 nitrogen and oxygen atoms in total. The van der Waals surface area contributed by atoms with Gasteiger partial charge >= 0.3 is 5.97 Å². The Balaban J connectivity index is 4.59. The van der Waals surface area contributed by atoms with Crippen LogP contribution in [0, 0.1) is 5.92 Å². The summed E-state index contributed by atoms with van der Waals surface area (Å²) in [6.45, 7) is 9.47. The van der Waals surface area contributed by atoms with Gasteiger partial charge in [0.2, 0.25) is 5.69 Å². The van der Waals surface area contributed by atoms with E-state index in [2.05, 4.69) is 0 Å². The second kappa shape index (κ2) is 8.54. The van der Waals surface area contributed by atoms with E-state index >= 15 is 0 Å². The lowest BCUT2D eigenvalue weighted by atomic mass is 10.1. The van der Waals surface area contributed by atoms with E-state index in [4.69, 9.17) is 26.0 Å². The third kappa shape index (κ3) is 7.74. The van der Waals surface area contributed by atoms with Crippen LogP contribution >= 0.6 is 17.1 Å². The van der Waals surface area contributed by atoms with Gasteiger partial charge in [-0.15, -0.1) is 0 Å². The first-order chi connectivity index (χ1) is 8.20. The highest BCUT2D eigenvalue weighted by Crippen LogP contribution is 2.63. The number of hydrogen-bond donors (Lipinski definition) is 1. The summed E-state index contributed by atoms with van der Waals surface area (Å²) in [7, 11) is 0. The van der Waals surface area contributed by atoms with Crippen molar-refractivity contribution in [3.63, 3.8) is 0 Å². The molecule has 0 aliphatic carbocycles. The van der Waals surface area contributed by atoms with Crippen molar-refractivity contribution in [1.29, 1.82) is 0 Å². The maximum atomic E-state index is 11.0. The number of carboxylic acid groups (broad SMARTS) is 1. The molecular weight excluding hydrogens is 291 g/mol. The Morgan fingerprint density at radius 3 is 2.00 bits per heavy atom. The molecule has 0 heterocycles. The molecule has 0 bridgehead atoms. The first kappa shape index (κ1) is 18.4. The molecule has 0 radical (unpaired) electrons. The maximum absolute atomic E-state index is 11.0. The summed E-state index contributed by atoms with van der Waals surface area (Å²) in [5, 5.41) is 9.02. The molecule has 0 spiro atoms. The highest BCUT2D eigenvalue weighted by molar-refractivity contribution is 8.67. The lowest BCUT2D eigenvalue weighted by Crippen LogP contribution is -2.16. The molecule has 0 saturated heterocycles. The largest absolute Gasteiger partial charge is 0.481 e. The van der Waals surface area contributed by atoms with Gasteiger partial charge in [-0.05, 0) is 45.9 Å². The summed E-state index contributed by atoms with van der Waals surface area (Å²) >= 11 is 6.79. The van der Waals surface area contributed by atoms with Crippen molar-refractivity contribution in [1.82, 2.24) is 0 Å². The van der Waals surface area contributed by atoms with Crippen LogP contribution in [0.3, 0.4) is 0 Å². The fourth-order valence-electron chi connectivity index (χ4n) is 1.15. The fourth-order valence-corrected chi connectivity index (χ4v) is 7.16. The quantitative estimate of drug-likeness (QED) is 0.651. The summed E-state index contributed by atoms with van der Waals surface area (Å²) < 4.78 is 11.4. The Hall–Kier alpha value is 0.390. The van der Waals surface area contributed by atoms with Crippen LogP contribution in [0.1, 0.15) is 41.0 Å². The summed E-state index contributed by atoms with van der Waals surface area (Å²) in [5.41, 5.74) is -2.45. The maximum Gasteiger partial charge on any atom is 0.307 e. The Kier molecular flexibility index (Phi) is 8.72. The van der Waals surface area contributed by atoms with Crippen molar-refractivity contribution >= 4 is 34.9 Å². The van der Waals surface area contributed by atoms with E-state index in [-0.39, 0.29) is 12.2 Å². The van der Waals surface area contributed by atoms with Gasteiger partial charge in [-0.2, -0.15) is 0 Å². The normalized spacial score (nSPS) is 14.2. The highest BCUT2D eigenvalue weighted by Gasteiger charge is 2.26. The molecule has 1 atom stereocenters. The van der Waals surface area contributed by atoms with Crippen LogP contribution in [0.25, 0.3) is 0 Å². The second-order valence-corrected chi connectivity index (χ2v) is 10.8. The van der Waals surface area contributed by atoms with Crippen molar-refractivity contribution in [2.75, 3.05) is 5.75 Å². The number of carboxylic acids is 1. The Morgan fingerprint density at radius 1 is 1.28 bits per heavy atom. The number of hydrogen-bond acceptors (Lipinski definition) is 5. The minimum absolute atomic E-state index is 0.0213. The summed E-state index contributed by atoms with van der Waals surface area (Å²) in [6.07, 6.45) is 0.542. The molecule has 18 heavy (non-hydrogen) atoms. The van der Waals surface area contributed by atoms with E-state index in [1.165, 1.54) is 11.4 Å². The second-order valence-electron chi connectivity index (χ2n) is 4.49. The predicted octanol–water partition coefficient (Wildman–Crippen LogP) is 3.90. The first-order valence-corrected chi connectivity index (χ1v) is 10.3. The van der Waals surface area contributed by atoms with E-state index in [0.717, 1.165) is 0 Å². The topological polar surface area (TPSA) is 55.8 Å². The van der Waals surface area contributed by atoms with Gasteiger partial charge in [0.1, 0.15) is 0 Å². The Bertz CT molecular complexity index is 293. The SMILES string of the molecule is CCC(CSP(=S)(OC(C)C)OC(C)C)C(=O)O. The van der Waals surface area contributed by atoms with Gasteiger partial charge in [0.25, 0.3) is 0 Å². The fraction of sp³-hybridized carbons (Fsp3) is 0.909. The van der Waals surface area contributed by atoms with Gasteiger partial charge < -0.3 is 14.2 Å². The van der Waals surface area contributed by atoms with Gasteiger partial charge in [0.15, 0.2) is 0 Å². The van der Waals surface area contributed by atoms with E-state index in [9.17, 15) is 4.79 Å². The molecule has 0 aromatic heterocycles. The molecule has 0 aliphatic rings. The van der Waals surface area contributed by atoms with Gasteiger partial charge in [-0.1, -0.05) is 18.3 Å². The monoisotopic (exact) mass is 314 g/mol. The Morgan fingerprint density at radius 2 is 1.72 bits per heavy atom. The average molecular weight is 314 g/mol. The van der Waals surface area contributed by atoms with Crippen LogP contribution in [0.2, 0.25) is 0 Å². The molecule has 108 valence electrons. The zero-order valence-electron chi connectivity index (χ0n) is 11.6. The molecule has 0 aromatic carbocycles. The van der Waals surface area contributed by atoms with E-state index < -0.39 is 17.6 Å². The molecule has 1 N–H and O–H groups in total. The minimum Gasteiger partial charge on any atom is -0.481 e. The van der Waals surface area contributed by atoms with E-state index in [0.29, 0.717) is 12.2 Å². The predicted molar refractivity (Wildman–Crippen MR) is 80.6 cm³/mol. The first-order valence-electron chi connectivity index (χ1n) is 6.04. The average Bonchev–Trinajstić information content (AvgIpc) is 2.14. The lowest BCUT2D eigenvalue weighted by molar-refractivity contribution is -0.140. The molecule has 0 saturated carbocycles. The standard InChI is InChI=1S/C11H23O4PS2/c1-6-10(11(12)13)7-18-16(17,14-8(2)3)15-9(4)5/h8-10H,6-7H2,1-5H3,(H,12,13). The third-order valence-electron chi connectivity index (χ3n) is 1.96. The molecule has 0 fully saturated rings. The van der Waals surface area contributed by atoms with E-state index in [1.807, 2.05) is 34.6 Å². The number of rotatable bonds is 9. The molecule has 7 heteroatoms. The third-order valence-corrected chi connectivity index (χ3v) is 7.56. The van der Waals surface area contributed by atoms with Crippen molar-refractivity contribution in [3.8, 4) is 0 Å². The van der Waals surface area contributed by atoms with Gasteiger partial charge in [0.05, 0.1) is 18.1 Å². The lowest BCUT2D eigenvalue weighted by Gasteiger charge is -2.26. The number of carbonyl (C=O) groups is 1. The van der Waals surface area contributed by atoms with Crippen molar-refractivity contribution in [2.45, 2.75) is 53.2 Å². The summed E-state index contributed by atoms with van der Waals surface area (Å²) in [4.78, 5) is 11.0. The molecule has 1 unspecified atom stereocenters. The highest BCUT2D eigenvalue weighted by atomic mass is 32.9.